The lowest BCUT2D eigenvalue weighted by Gasteiger charge is -2.37. The average Bonchev–Trinajstić information content (AvgIpc) is 2.82. The van der Waals surface area contributed by atoms with E-state index in [4.69, 9.17) is 21.9 Å². The smallest absolute Gasteiger partial charge is 0.229 e. The van der Waals surface area contributed by atoms with Crippen molar-refractivity contribution in [2.24, 2.45) is 4.99 Å². The van der Waals surface area contributed by atoms with Gasteiger partial charge in [0.15, 0.2) is 0 Å². The zero-order valence-electron chi connectivity index (χ0n) is 21.5. The minimum Gasteiger partial charge on any atom is -0.497 e. The molecule has 0 amide bonds. The molecule has 0 atom stereocenters. The summed E-state index contributed by atoms with van der Waals surface area (Å²) in [6.45, 7) is 11.3. The van der Waals surface area contributed by atoms with Gasteiger partial charge in [0.25, 0.3) is 0 Å². The van der Waals surface area contributed by atoms with E-state index in [2.05, 4.69) is 74.6 Å². The lowest BCUT2D eigenvalue weighted by atomic mass is 10.1. The van der Waals surface area contributed by atoms with Crippen LogP contribution < -0.4 is 20.3 Å². The highest BCUT2D eigenvalue weighted by atomic mass is 32.1. The van der Waals surface area contributed by atoms with Crippen LogP contribution in [0.1, 0.15) is 22.5 Å². The molecule has 9 heteroatoms. The first-order valence-corrected chi connectivity index (χ1v) is 12.4. The van der Waals surface area contributed by atoms with Crippen LogP contribution in [-0.4, -0.2) is 59.2 Å². The van der Waals surface area contributed by atoms with Crippen LogP contribution in [0, 0.1) is 27.7 Å². The number of guanidine groups is 1. The zero-order valence-corrected chi connectivity index (χ0v) is 22.3. The van der Waals surface area contributed by atoms with Crippen molar-refractivity contribution in [3.8, 4) is 5.75 Å². The molecule has 1 aliphatic heterocycles. The van der Waals surface area contributed by atoms with Crippen LogP contribution in [0.15, 0.2) is 53.5 Å². The second-order valence-electron chi connectivity index (χ2n) is 9.01. The van der Waals surface area contributed by atoms with Crippen molar-refractivity contribution in [3.05, 3.63) is 71.0 Å². The van der Waals surface area contributed by atoms with E-state index < -0.39 is 0 Å². The molecule has 0 unspecified atom stereocenters. The average molecular weight is 504 g/mol. The molecule has 0 radical (unpaired) electrons. The van der Waals surface area contributed by atoms with Crippen LogP contribution in [0.3, 0.4) is 0 Å². The summed E-state index contributed by atoms with van der Waals surface area (Å²) in [5.41, 5.74) is 6.22. The molecule has 1 aliphatic rings. The monoisotopic (exact) mass is 503 g/mol. The normalized spacial score (nSPS) is 14.0. The maximum atomic E-state index is 5.63. The molecule has 0 saturated carbocycles. The third-order valence-electron chi connectivity index (χ3n) is 5.90. The number of ether oxygens (including phenoxy) is 1. The molecule has 2 aromatic carbocycles. The molecule has 3 aromatic rings. The lowest BCUT2D eigenvalue weighted by Crippen LogP contribution is -2.51. The van der Waals surface area contributed by atoms with E-state index in [-0.39, 0.29) is 0 Å². The number of methoxy groups -OCH3 is 1. The third kappa shape index (κ3) is 6.69. The van der Waals surface area contributed by atoms with Gasteiger partial charge in [0.2, 0.25) is 17.0 Å². The number of aliphatic imine (C=N–C) groups is 1. The summed E-state index contributed by atoms with van der Waals surface area (Å²) in [6, 6.07) is 16.4. The van der Waals surface area contributed by atoms with Crippen molar-refractivity contribution in [1.29, 1.82) is 0 Å². The van der Waals surface area contributed by atoms with Crippen molar-refractivity contribution >= 4 is 40.6 Å². The van der Waals surface area contributed by atoms with Gasteiger partial charge in [-0.2, -0.15) is 4.99 Å². The second kappa shape index (κ2) is 11.3. The Bertz CT molecular complexity index is 1210. The number of hydrogen-bond acceptors (Lipinski definition) is 5. The summed E-state index contributed by atoms with van der Waals surface area (Å²) in [6.07, 6.45) is 0. The second-order valence-corrected chi connectivity index (χ2v) is 9.40. The fourth-order valence-corrected chi connectivity index (χ4v) is 4.53. The fraction of sp³-hybridized carbons (Fsp3) is 0.333. The molecule has 2 N–H and O–H groups in total. The number of hydrogen-bond donors (Lipinski definition) is 2. The number of aryl methyl sites for hydroxylation is 4. The van der Waals surface area contributed by atoms with Gasteiger partial charge in [0.05, 0.1) is 7.11 Å². The summed E-state index contributed by atoms with van der Waals surface area (Å²) in [5.74, 6) is 2.00. The Morgan fingerprint density at radius 2 is 1.47 bits per heavy atom. The lowest BCUT2D eigenvalue weighted by molar-refractivity contribution is 0.385. The van der Waals surface area contributed by atoms with E-state index in [1.165, 1.54) is 16.8 Å². The fourth-order valence-electron chi connectivity index (χ4n) is 4.32. The van der Waals surface area contributed by atoms with E-state index in [1.807, 2.05) is 32.0 Å². The molecule has 2 heterocycles. The highest BCUT2D eigenvalue weighted by molar-refractivity contribution is 7.80. The molecule has 36 heavy (non-hydrogen) atoms. The number of nitrogens with zero attached hydrogens (tertiary/aromatic N) is 5. The zero-order chi connectivity index (χ0) is 25.7. The van der Waals surface area contributed by atoms with Crippen LogP contribution in [0.2, 0.25) is 0 Å². The molecule has 0 aliphatic carbocycles. The molecule has 8 nitrogen and oxygen atoms in total. The number of thiocarbonyl (C=S) groups is 1. The number of aromatic nitrogens is 2. The molecular weight excluding hydrogens is 470 g/mol. The quantitative estimate of drug-likeness (QED) is 0.301. The van der Waals surface area contributed by atoms with Gasteiger partial charge in [-0.15, -0.1) is 0 Å². The summed E-state index contributed by atoms with van der Waals surface area (Å²) in [4.78, 5) is 18.4. The Kier molecular flexibility index (Phi) is 8.00. The largest absolute Gasteiger partial charge is 0.497 e. The summed E-state index contributed by atoms with van der Waals surface area (Å²) >= 11 is 5.63. The Labute approximate surface area is 218 Å². The van der Waals surface area contributed by atoms with Crippen molar-refractivity contribution in [1.82, 2.24) is 14.9 Å². The number of benzene rings is 2. The van der Waals surface area contributed by atoms with Gasteiger partial charge in [-0.1, -0.05) is 6.07 Å². The van der Waals surface area contributed by atoms with Gasteiger partial charge in [0, 0.05) is 48.9 Å². The van der Waals surface area contributed by atoms with Gasteiger partial charge >= 0.3 is 0 Å². The molecule has 0 spiro atoms. The predicted molar refractivity (Wildman–Crippen MR) is 151 cm³/mol. The molecule has 0 bridgehead atoms. The van der Waals surface area contributed by atoms with Crippen LogP contribution in [0.25, 0.3) is 0 Å². The Morgan fingerprint density at radius 3 is 2.06 bits per heavy atom. The molecule has 4 rings (SSSR count). The highest BCUT2D eigenvalue weighted by Gasteiger charge is 2.22. The summed E-state index contributed by atoms with van der Waals surface area (Å²) < 4.78 is 5.29. The number of rotatable bonds is 4. The standard InChI is InChI=1S/C27H33N7OS/c1-18-14-19(2)16-22(15-18)30-27(36)32-26(31-25-28-20(3)17-21(4)29-25)34-12-10-33(11-13-34)23-6-8-24(35-5)9-7-23/h6-9,14-17H,10-13H2,1-5H3,(H2,28,29,30,31,32,36). The van der Waals surface area contributed by atoms with E-state index in [9.17, 15) is 0 Å². The maximum Gasteiger partial charge on any atom is 0.229 e. The van der Waals surface area contributed by atoms with Crippen molar-refractivity contribution in [3.63, 3.8) is 0 Å². The van der Waals surface area contributed by atoms with E-state index in [0.717, 1.165) is 49.0 Å². The minimum absolute atomic E-state index is 0.379. The van der Waals surface area contributed by atoms with E-state index >= 15 is 0 Å². The van der Waals surface area contributed by atoms with Crippen LogP contribution >= 0.6 is 12.2 Å². The van der Waals surface area contributed by atoms with Crippen LogP contribution in [0.5, 0.6) is 5.75 Å². The first kappa shape index (κ1) is 25.4. The molecular formula is C27H33N7OS. The Balaban J connectivity index is 1.52. The number of piperazine rings is 1. The van der Waals surface area contributed by atoms with Crippen molar-refractivity contribution in [2.75, 3.05) is 48.8 Å². The first-order valence-electron chi connectivity index (χ1n) is 12.0. The molecule has 1 fully saturated rings. The van der Waals surface area contributed by atoms with Gasteiger partial charge in [0.1, 0.15) is 5.75 Å². The molecule has 1 saturated heterocycles. The van der Waals surface area contributed by atoms with Gasteiger partial charge in [-0.05, 0) is 93.5 Å². The first-order chi connectivity index (χ1) is 17.3. The van der Waals surface area contributed by atoms with Crippen LogP contribution in [0.4, 0.5) is 17.3 Å². The summed E-state index contributed by atoms with van der Waals surface area (Å²) in [7, 11) is 1.68. The van der Waals surface area contributed by atoms with Gasteiger partial charge in [-0.3, -0.25) is 5.32 Å². The van der Waals surface area contributed by atoms with Crippen molar-refractivity contribution in [2.45, 2.75) is 27.7 Å². The predicted octanol–water partition coefficient (Wildman–Crippen LogP) is 4.71. The van der Waals surface area contributed by atoms with E-state index in [1.54, 1.807) is 7.11 Å². The Hall–Kier alpha value is -3.72. The van der Waals surface area contributed by atoms with Crippen molar-refractivity contribution < 1.29 is 4.74 Å². The molecule has 1 aromatic heterocycles. The summed E-state index contributed by atoms with van der Waals surface area (Å²) in [5, 5.41) is 6.97. The highest BCUT2D eigenvalue weighted by Crippen LogP contribution is 2.21. The minimum atomic E-state index is 0.379. The topological polar surface area (TPSA) is 77.9 Å². The third-order valence-corrected chi connectivity index (χ3v) is 6.10. The number of nitrogens with one attached hydrogen (secondary N) is 2. The van der Waals surface area contributed by atoms with Gasteiger partial charge in [-0.25, -0.2) is 9.97 Å². The Morgan fingerprint density at radius 1 is 0.861 bits per heavy atom. The SMILES string of the molecule is COc1ccc(N2CCN(/C(=N\C(=S)Nc3cc(C)cc(C)c3)Nc3nc(C)cc(C)n3)CC2)cc1. The molecule has 188 valence electrons. The van der Waals surface area contributed by atoms with Crippen LogP contribution in [-0.2, 0) is 0 Å². The maximum absolute atomic E-state index is 5.63. The van der Waals surface area contributed by atoms with E-state index in [0.29, 0.717) is 17.0 Å². The van der Waals surface area contributed by atoms with Gasteiger partial charge < -0.3 is 19.9 Å². The number of anilines is 3.